The van der Waals surface area contributed by atoms with E-state index in [1.54, 1.807) is 0 Å². The Hall–Kier alpha value is -0.680. The van der Waals surface area contributed by atoms with Crippen molar-refractivity contribution >= 4 is 24.8 Å². The molecule has 3 N–H and O–H groups in total. The van der Waals surface area contributed by atoms with Gasteiger partial charge in [0.2, 0.25) is 0 Å². The van der Waals surface area contributed by atoms with E-state index in [2.05, 4.69) is 24.1 Å². The van der Waals surface area contributed by atoms with Gasteiger partial charge in [0.15, 0.2) is 11.5 Å². The summed E-state index contributed by atoms with van der Waals surface area (Å²) in [5.74, 6) is 0.443. The number of phenolic OH excluding ortho intramolecular Hbond substituents is 2. The van der Waals surface area contributed by atoms with Gasteiger partial charge in [-0.3, -0.25) is 4.90 Å². The molecule has 1 saturated heterocycles. The monoisotopic (exact) mass is 336 g/mol. The first-order chi connectivity index (χ1) is 9.15. The molecule has 0 radical (unpaired) electrons. The van der Waals surface area contributed by atoms with Gasteiger partial charge < -0.3 is 15.5 Å². The Morgan fingerprint density at radius 1 is 1.19 bits per heavy atom. The van der Waals surface area contributed by atoms with Crippen LogP contribution in [0.25, 0.3) is 0 Å². The number of halogens is 2. The van der Waals surface area contributed by atoms with Crippen LogP contribution >= 0.6 is 24.8 Å². The Morgan fingerprint density at radius 2 is 1.81 bits per heavy atom. The maximum Gasteiger partial charge on any atom is 0.162 e. The van der Waals surface area contributed by atoms with Crippen LogP contribution in [-0.4, -0.2) is 41.3 Å². The largest absolute Gasteiger partial charge is 0.504 e. The molecule has 0 bridgehead atoms. The molecular formula is C15H26Cl2N2O2. The number of hydrogen-bond acceptors (Lipinski definition) is 4. The summed E-state index contributed by atoms with van der Waals surface area (Å²) in [5.41, 5.74) is 0.844. The number of aromatic hydroxyl groups is 2. The van der Waals surface area contributed by atoms with Gasteiger partial charge in [-0.25, -0.2) is 0 Å². The smallest absolute Gasteiger partial charge is 0.162 e. The van der Waals surface area contributed by atoms with Gasteiger partial charge in [0.25, 0.3) is 0 Å². The van der Waals surface area contributed by atoms with Crippen LogP contribution in [0.3, 0.4) is 0 Å². The number of para-hydroxylation sites is 1. The average Bonchev–Trinajstić information content (AvgIpc) is 2.44. The quantitative estimate of drug-likeness (QED) is 0.740. The van der Waals surface area contributed by atoms with Crippen molar-refractivity contribution in [2.24, 2.45) is 5.92 Å². The number of piperazine rings is 1. The zero-order valence-corrected chi connectivity index (χ0v) is 14.2. The molecule has 6 heteroatoms. The molecule has 2 atom stereocenters. The maximum atomic E-state index is 10.2. The maximum absolute atomic E-state index is 10.2. The lowest BCUT2D eigenvalue weighted by Crippen LogP contribution is -2.46. The van der Waals surface area contributed by atoms with Crippen LogP contribution in [0.15, 0.2) is 18.2 Å². The van der Waals surface area contributed by atoms with E-state index in [0.717, 1.165) is 38.2 Å². The van der Waals surface area contributed by atoms with Crippen molar-refractivity contribution in [3.05, 3.63) is 23.8 Å². The zero-order valence-electron chi connectivity index (χ0n) is 12.6. The van der Waals surface area contributed by atoms with Crippen molar-refractivity contribution in [2.45, 2.75) is 26.3 Å². The number of hydrogen-bond donors (Lipinski definition) is 3. The van der Waals surface area contributed by atoms with E-state index in [0.29, 0.717) is 5.92 Å². The predicted molar refractivity (Wildman–Crippen MR) is 90.9 cm³/mol. The molecule has 0 amide bonds. The molecule has 1 heterocycles. The molecule has 4 nitrogen and oxygen atoms in total. The van der Waals surface area contributed by atoms with Crippen LogP contribution in [0.2, 0.25) is 0 Å². The summed E-state index contributed by atoms with van der Waals surface area (Å²) in [6.07, 6.45) is 1.05. The molecule has 1 unspecified atom stereocenters. The molecule has 21 heavy (non-hydrogen) atoms. The molecule has 1 aliphatic rings. The second-order valence-corrected chi connectivity index (χ2v) is 5.33. The lowest BCUT2D eigenvalue weighted by Gasteiger charge is -2.38. The molecule has 0 spiro atoms. The Labute approximate surface area is 139 Å². The van der Waals surface area contributed by atoms with Gasteiger partial charge >= 0.3 is 0 Å². The third kappa shape index (κ3) is 4.65. The normalized spacial score (nSPS) is 18.2. The van der Waals surface area contributed by atoms with Gasteiger partial charge in [0.05, 0.1) is 0 Å². The summed E-state index contributed by atoms with van der Waals surface area (Å²) in [6.45, 7) is 8.28. The second-order valence-electron chi connectivity index (χ2n) is 5.33. The van der Waals surface area contributed by atoms with Gasteiger partial charge in [-0.1, -0.05) is 32.4 Å². The highest BCUT2D eigenvalue weighted by atomic mass is 35.5. The summed E-state index contributed by atoms with van der Waals surface area (Å²) < 4.78 is 0. The molecule has 0 aliphatic carbocycles. The summed E-state index contributed by atoms with van der Waals surface area (Å²) in [6, 6.07) is 5.43. The van der Waals surface area contributed by atoms with Gasteiger partial charge in [-0.2, -0.15) is 0 Å². The Balaban J connectivity index is 0.00000200. The van der Waals surface area contributed by atoms with Crippen LogP contribution in [0.1, 0.15) is 31.9 Å². The molecular weight excluding hydrogens is 311 g/mol. The molecule has 1 aliphatic heterocycles. The second kappa shape index (κ2) is 9.36. The van der Waals surface area contributed by atoms with E-state index >= 15 is 0 Å². The van der Waals surface area contributed by atoms with Crippen molar-refractivity contribution < 1.29 is 10.2 Å². The van der Waals surface area contributed by atoms with Gasteiger partial charge in [0.1, 0.15) is 0 Å². The minimum Gasteiger partial charge on any atom is -0.504 e. The number of nitrogens with one attached hydrogen (secondary N) is 1. The fourth-order valence-electron chi connectivity index (χ4n) is 2.83. The molecule has 0 saturated carbocycles. The number of phenols is 2. The summed E-state index contributed by atoms with van der Waals surface area (Å²) in [7, 11) is 0. The summed E-state index contributed by atoms with van der Waals surface area (Å²) in [4.78, 5) is 2.40. The Morgan fingerprint density at radius 3 is 2.38 bits per heavy atom. The minimum atomic E-state index is -0.0269. The molecule has 122 valence electrons. The van der Waals surface area contributed by atoms with Crippen LogP contribution < -0.4 is 5.32 Å². The fraction of sp³-hybridized carbons (Fsp3) is 0.600. The SMILES string of the molecule is CCC(C)[C@H](c1cccc(O)c1O)N1CCNCC1.Cl.Cl. The first kappa shape index (κ1) is 20.3. The van der Waals surface area contributed by atoms with Crippen LogP contribution in [0.4, 0.5) is 0 Å². The van der Waals surface area contributed by atoms with Crippen molar-refractivity contribution in [1.29, 1.82) is 0 Å². The van der Waals surface area contributed by atoms with Crippen molar-refractivity contribution in [1.82, 2.24) is 10.2 Å². The molecule has 1 aromatic carbocycles. The highest BCUT2D eigenvalue weighted by Crippen LogP contribution is 2.39. The number of benzene rings is 1. The molecule has 0 aromatic heterocycles. The van der Waals surface area contributed by atoms with E-state index in [9.17, 15) is 10.2 Å². The van der Waals surface area contributed by atoms with E-state index < -0.39 is 0 Å². The van der Waals surface area contributed by atoms with E-state index in [1.807, 2.05) is 12.1 Å². The van der Waals surface area contributed by atoms with Crippen LogP contribution in [0, 0.1) is 5.92 Å². The highest BCUT2D eigenvalue weighted by Gasteiger charge is 2.29. The first-order valence-electron chi connectivity index (χ1n) is 7.10. The highest BCUT2D eigenvalue weighted by molar-refractivity contribution is 5.85. The van der Waals surface area contributed by atoms with Crippen LogP contribution in [-0.2, 0) is 0 Å². The lowest BCUT2D eigenvalue weighted by atomic mass is 9.89. The minimum absolute atomic E-state index is 0. The van der Waals surface area contributed by atoms with Crippen molar-refractivity contribution in [2.75, 3.05) is 26.2 Å². The summed E-state index contributed by atoms with van der Waals surface area (Å²) in [5, 5.41) is 23.2. The Bertz CT molecular complexity index is 426. The number of nitrogens with zero attached hydrogens (tertiary/aromatic N) is 1. The molecule has 1 fully saturated rings. The Kier molecular flexibility index (Phi) is 9.06. The third-order valence-electron chi connectivity index (χ3n) is 4.09. The number of rotatable bonds is 4. The van der Waals surface area contributed by atoms with Gasteiger partial charge in [-0.15, -0.1) is 24.8 Å². The molecule has 1 aromatic rings. The van der Waals surface area contributed by atoms with E-state index in [4.69, 9.17) is 0 Å². The van der Waals surface area contributed by atoms with Gasteiger partial charge in [-0.05, 0) is 12.0 Å². The first-order valence-corrected chi connectivity index (χ1v) is 7.10. The molecule has 2 rings (SSSR count). The van der Waals surface area contributed by atoms with E-state index in [-0.39, 0.29) is 42.4 Å². The third-order valence-corrected chi connectivity index (χ3v) is 4.09. The van der Waals surface area contributed by atoms with Crippen LogP contribution in [0.5, 0.6) is 11.5 Å². The zero-order chi connectivity index (χ0) is 13.8. The lowest BCUT2D eigenvalue weighted by molar-refractivity contribution is 0.126. The summed E-state index contributed by atoms with van der Waals surface area (Å²) >= 11 is 0. The van der Waals surface area contributed by atoms with Crippen molar-refractivity contribution in [3.8, 4) is 11.5 Å². The van der Waals surface area contributed by atoms with Crippen molar-refractivity contribution in [3.63, 3.8) is 0 Å². The van der Waals surface area contributed by atoms with E-state index in [1.165, 1.54) is 6.07 Å². The fourth-order valence-corrected chi connectivity index (χ4v) is 2.83. The van der Waals surface area contributed by atoms with Gasteiger partial charge in [0, 0.05) is 37.8 Å². The standard InChI is InChI=1S/C15H24N2O2.2ClH/c1-3-11(2)14(17-9-7-16-8-10-17)12-5-4-6-13(18)15(12)19;;/h4-6,11,14,16,18-19H,3,7-10H2,1-2H3;2*1H/t11?,14-;;/m1../s1. The predicted octanol–water partition coefficient (Wildman–Crippen LogP) is 2.93. The average molecular weight is 337 g/mol. The topological polar surface area (TPSA) is 55.7 Å².